The predicted molar refractivity (Wildman–Crippen MR) is 63.5 cm³/mol. The SMILES string of the molecule is CC1(C)OCC2(CO1)C[C@@H]1CC(=O)C[C@@]1(C)C2. The largest absolute Gasteiger partial charge is 0.350 e. The third-order valence-corrected chi connectivity index (χ3v) is 4.97. The molecule has 96 valence electrons. The molecule has 1 saturated heterocycles. The number of ketones is 1. The molecule has 0 aromatic rings. The second-order valence-corrected chi connectivity index (χ2v) is 7.13. The first kappa shape index (κ1) is 11.7. The van der Waals surface area contributed by atoms with Crippen molar-refractivity contribution in [2.24, 2.45) is 16.7 Å². The van der Waals surface area contributed by atoms with Crippen LogP contribution < -0.4 is 0 Å². The molecule has 0 amide bonds. The number of ether oxygens (including phenoxy) is 2. The minimum Gasteiger partial charge on any atom is -0.350 e. The number of hydrogen-bond acceptors (Lipinski definition) is 3. The standard InChI is InChI=1S/C14H22O3/c1-12(2)16-8-14(9-17-12)5-10-4-11(15)6-13(10,3)7-14/h10H,4-9H2,1-3H3/t10-,13-/m0/s1. The average Bonchev–Trinajstić information content (AvgIpc) is 2.59. The van der Waals surface area contributed by atoms with Gasteiger partial charge in [-0.25, -0.2) is 0 Å². The fourth-order valence-electron chi connectivity index (χ4n) is 4.12. The minimum atomic E-state index is -0.431. The van der Waals surface area contributed by atoms with Crippen molar-refractivity contribution in [3.05, 3.63) is 0 Å². The van der Waals surface area contributed by atoms with Crippen LogP contribution in [0, 0.1) is 16.7 Å². The summed E-state index contributed by atoms with van der Waals surface area (Å²) in [6.07, 6.45) is 3.74. The maximum absolute atomic E-state index is 11.6. The van der Waals surface area contributed by atoms with E-state index < -0.39 is 5.79 Å². The average molecular weight is 238 g/mol. The van der Waals surface area contributed by atoms with Gasteiger partial charge in [0.25, 0.3) is 0 Å². The molecular formula is C14H22O3. The molecule has 1 aliphatic heterocycles. The monoisotopic (exact) mass is 238 g/mol. The Morgan fingerprint density at radius 1 is 1.18 bits per heavy atom. The number of carbonyl (C=O) groups is 1. The summed E-state index contributed by atoms with van der Waals surface area (Å²) in [7, 11) is 0. The zero-order valence-electron chi connectivity index (χ0n) is 11.0. The number of rotatable bonds is 0. The van der Waals surface area contributed by atoms with E-state index in [0.717, 1.165) is 38.9 Å². The number of Topliss-reactive ketones (excluding diaryl/α,β-unsaturated/α-hetero) is 1. The van der Waals surface area contributed by atoms with Crippen molar-refractivity contribution >= 4 is 5.78 Å². The van der Waals surface area contributed by atoms with Crippen LogP contribution in [0.5, 0.6) is 0 Å². The third kappa shape index (κ3) is 1.84. The van der Waals surface area contributed by atoms with E-state index in [1.807, 2.05) is 13.8 Å². The molecule has 0 radical (unpaired) electrons. The summed E-state index contributed by atoms with van der Waals surface area (Å²) in [5, 5.41) is 0. The van der Waals surface area contributed by atoms with Gasteiger partial charge in [0.05, 0.1) is 13.2 Å². The molecule has 2 aliphatic carbocycles. The summed E-state index contributed by atoms with van der Waals surface area (Å²) in [6.45, 7) is 7.80. The molecule has 0 N–H and O–H groups in total. The third-order valence-electron chi connectivity index (χ3n) is 4.97. The fraction of sp³-hybridized carbons (Fsp3) is 0.929. The topological polar surface area (TPSA) is 35.5 Å². The Kier molecular flexibility index (Phi) is 2.28. The van der Waals surface area contributed by atoms with Crippen molar-refractivity contribution in [1.29, 1.82) is 0 Å². The Labute approximate surface area is 103 Å². The molecule has 2 atom stereocenters. The van der Waals surface area contributed by atoms with Crippen molar-refractivity contribution in [1.82, 2.24) is 0 Å². The van der Waals surface area contributed by atoms with E-state index in [2.05, 4.69) is 6.92 Å². The van der Waals surface area contributed by atoms with Gasteiger partial charge in [-0.3, -0.25) is 4.79 Å². The summed E-state index contributed by atoms with van der Waals surface area (Å²) in [6, 6.07) is 0. The van der Waals surface area contributed by atoms with Crippen LogP contribution in [0.4, 0.5) is 0 Å². The molecule has 2 saturated carbocycles. The van der Waals surface area contributed by atoms with E-state index in [1.54, 1.807) is 0 Å². The van der Waals surface area contributed by atoms with Crippen LogP contribution in [-0.2, 0) is 14.3 Å². The first-order valence-corrected chi connectivity index (χ1v) is 6.62. The van der Waals surface area contributed by atoms with Crippen molar-refractivity contribution in [3.8, 4) is 0 Å². The molecule has 1 spiro atoms. The van der Waals surface area contributed by atoms with E-state index in [4.69, 9.17) is 9.47 Å². The molecule has 0 aromatic heterocycles. The highest BCUT2D eigenvalue weighted by atomic mass is 16.7. The summed E-state index contributed by atoms with van der Waals surface area (Å²) in [5.41, 5.74) is 0.390. The maximum atomic E-state index is 11.6. The second-order valence-electron chi connectivity index (χ2n) is 7.13. The molecule has 3 nitrogen and oxygen atoms in total. The van der Waals surface area contributed by atoms with Crippen LogP contribution in [0.3, 0.4) is 0 Å². The van der Waals surface area contributed by atoms with Gasteiger partial charge < -0.3 is 9.47 Å². The van der Waals surface area contributed by atoms with Gasteiger partial charge in [-0.15, -0.1) is 0 Å². The van der Waals surface area contributed by atoms with Crippen molar-refractivity contribution in [2.75, 3.05) is 13.2 Å². The predicted octanol–water partition coefficient (Wildman–Crippen LogP) is 2.53. The normalized spacial score (nSPS) is 43.0. The van der Waals surface area contributed by atoms with Gasteiger partial charge >= 0.3 is 0 Å². The summed E-state index contributed by atoms with van der Waals surface area (Å²) < 4.78 is 11.7. The fourth-order valence-corrected chi connectivity index (χ4v) is 4.12. The first-order valence-electron chi connectivity index (χ1n) is 6.62. The molecule has 3 heteroatoms. The molecule has 3 aliphatic rings. The molecule has 0 aromatic carbocycles. The highest BCUT2D eigenvalue weighted by molar-refractivity contribution is 5.82. The Hall–Kier alpha value is -0.410. The van der Waals surface area contributed by atoms with Crippen molar-refractivity contribution in [2.45, 2.75) is 52.2 Å². The van der Waals surface area contributed by atoms with Gasteiger partial charge in [-0.05, 0) is 38.0 Å². The van der Waals surface area contributed by atoms with Crippen LogP contribution in [0.25, 0.3) is 0 Å². The van der Waals surface area contributed by atoms with E-state index in [1.165, 1.54) is 0 Å². The van der Waals surface area contributed by atoms with Gasteiger partial charge in [-0.1, -0.05) is 6.92 Å². The summed E-state index contributed by atoms with van der Waals surface area (Å²) in [4.78, 5) is 11.6. The summed E-state index contributed by atoms with van der Waals surface area (Å²) in [5.74, 6) is 0.577. The zero-order valence-corrected chi connectivity index (χ0v) is 11.0. The van der Waals surface area contributed by atoms with Crippen LogP contribution in [0.2, 0.25) is 0 Å². The lowest BCUT2D eigenvalue weighted by Crippen LogP contribution is -2.45. The molecule has 17 heavy (non-hydrogen) atoms. The van der Waals surface area contributed by atoms with Crippen LogP contribution in [0.1, 0.15) is 46.5 Å². The number of carbonyl (C=O) groups excluding carboxylic acids is 1. The Morgan fingerprint density at radius 2 is 1.82 bits per heavy atom. The van der Waals surface area contributed by atoms with Crippen LogP contribution in [0.15, 0.2) is 0 Å². The molecular weight excluding hydrogens is 216 g/mol. The Morgan fingerprint density at radius 3 is 2.41 bits per heavy atom. The molecule has 1 heterocycles. The van der Waals surface area contributed by atoms with Gasteiger partial charge in [0.2, 0.25) is 0 Å². The van der Waals surface area contributed by atoms with Crippen molar-refractivity contribution in [3.63, 3.8) is 0 Å². The minimum absolute atomic E-state index is 0.176. The van der Waals surface area contributed by atoms with Gasteiger partial charge in [0, 0.05) is 18.3 Å². The number of hydrogen-bond donors (Lipinski definition) is 0. The first-order chi connectivity index (χ1) is 7.83. The number of fused-ring (bicyclic) bond motifs is 1. The van der Waals surface area contributed by atoms with E-state index in [9.17, 15) is 4.79 Å². The lowest BCUT2D eigenvalue weighted by Gasteiger charge is -2.42. The van der Waals surface area contributed by atoms with E-state index in [0.29, 0.717) is 11.7 Å². The van der Waals surface area contributed by atoms with Crippen LogP contribution >= 0.6 is 0 Å². The molecule has 0 bridgehead atoms. The van der Waals surface area contributed by atoms with Gasteiger partial charge in [-0.2, -0.15) is 0 Å². The lowest BCUT2D eigenvalue weighted by atomic mass is 9.79. The second kappa shape index (κ2) is 3.33. The summed E-state index contributed by atoms with van der Waals surface area (Å²) >= 11 is 0. The van der Waals surface area contributed by atoms with Crippen molar-refractivity contribution < 1.29 is 14.3 Å². The smallest absolute Gasteiger partial charge is 0.162 e. The molecule has 3 fully saturated rings. The van der Waals surface area contributed by atoms with E-state index >= 15 is 0 Å². The Bertz CT molecular complexity index is 350. The van der Waals surface area contributed by atoms with E-state index in [-0.39, 0.29) is 10.8 Å². The quantitative estimate of drug-likeness (QED) is 0.650. The maximum Gasteiger partial charge on any atom is 0.162 e. The zero-order chi connectivity index (χ0) is 12.3. The lowest BCUT2D eigenvalue weighted by molar-refractivity contribution is -0.285. The highest BCUT2D eigenvalue weighted by Gasteiger charge is 2.58. The van der Waals surface area contributed by atoms with Gasteiger partial charge in [0.15, 0.2) is 5.79 Å². The Balaban J connectivity index is 1.75. The van der Waals surface area contributed by atoms with Gasteiger partial charge in [0.1, 0.15) is 5.78 Å². The molecule has 3 rings (SSSR count). The van der Waals surface area contributed by atoms with Crippen LogP contribution in [-0.4, -0.2) is 24.8 Å². The highest BCUT2D eigenvalue weighted by Crippen LogP contribution is 2.60. The molecule has 0 unspecified atom stereocenters.